The summed E-state index contributed by atoms with van der Waals surface area (Å²) >= 11 is 12.1. The average molecular weight is 382 g/mol. The van der Waals surface area contributed by atoms with Crippen molar-refractivity contribution in [2.45, 2.75) is 13.5 Å². The molecule has 1 amide bonds. The molecule has 130 valence electrons. The Morgan fingerprint density at radius 1 is 1.36 bits per heavy atom. The van der Waals surface area contributed by atoms with E-state index in [1.165, 1.54) is 23.0 Å². The molecular weight excluding hydrogens is 368 g/mol. The number of rotatable bonds is 4. The molecule has 0 fully saturated rings. The van der Waals surface area contributed by atoms with Gasteiger partial charge in [-0.25, -0.2) is 4.39 Å². The second-order valence-corrected chi connectivity index (χ2v) is 6.27. The van der Waals surface area contributed by atoms with Crippen molar-refractivity contribution in [3.8, 4) is 0 Å². The summed E-state index contributed by atoms with van der Waals surface area (Å²) in [5, 5.41) is 11.6. The molecule has 2 heterocycles. The molecule has 25 heavy (non-hydrogen) atoms. The smallest absolute Gasteiger partial charge is 0.277 e. The molecule has 9 heteroatoms. The maximum Gasteiger partial charge on any atom is 0.277 e. The number of hydrogen-bond acceptors (Lipinski definition) is 3. The number of carbonyl (C=O) groups is 1. The Morgan fingerprint density at radius 3 is 2.76 bits per heavy atom. The Morgan fingerprint density at radius 2 is 2.12 bits per heavy atom. The van der Waals surface area contributed by atoms with Gasteiger partial charge in [0.05, 0.1) is 29.1 Å². The van der Waals surface area contributed by atoms with Crippen molar-refractivity contribution in [2.75, 3.05) is 5.32 Å². The Kier molecular flexibility index (Phi) is 4.78. The van der Waals surface area contributed by atoms with E-state index in [9.17, 15) is 9.18 Å². The highest BCUT2D eigenvalue weighted by atomic mass is 35.5. The van der Waals surface area contributed by atoms with Gasteiger partial charge in [-0.1, -0.05) is 29.3 Å². The third-order valence-electron chi connectivity index (χ3n) is 3.71. The molecule has 0 bridgehead atoms. The molecule has 0 atom stereocenters. The number of aryl methyl sites for hydroxylation is 1. The minimum absolute atomic E-state index is 0.149. The highest BCUT2D eigenvalue weighted by Crippen LogP contribution is 2.21. The first-order valence-corrected chi connectivity index (χ1v) is 8.07. The minimum atomic E-state index is -0.423. The molecule has 0 aliphatic rings. The Labute approximate surface area is 153 Å². The second-order valence-electron chi connectivity index (χ2n) is 5.49. The Bertz CT molecular complexity index is 950. The molecule has 0 aliphatic heterocycles. The summed E-state index contributed by atoms with van der Waals surface area (Å²) in [6, 6.07) is 4.17. The number of carbonyl (C=O) groups excluding carboxylic acids is 1. The number of anilines is 1. The lowest BCUT2D eigenvalue weighted by molar-refractivity contribution is 0.102. The molecular formula is C16H14Cl2FN5O. The first-order valence-electron chi connectivity index (χ1n) is 7.32. The summed E-state index contributed by atoms with van der Waals surface area (Å²) in [4.78, 5) is 12.3. The van der Waals surface area contributed by atoms with Crippen LogP contribution in [0.4, 0.5) is 10.1 Å². The first-order chi connectivity index (χ1) is 11.8. The van der Waals surface area contributed by atoms with Gasteiger partial charge in [-0.15, -0.1) is 0 Å². The number of halogens is 3. The monoisotopic (exact) mass is 381 g/mol. The van der Waals surface area contributed by atoms with Gasteiger partial charge in [0.25, 0.3) is 5.91 Å². The van der Waals surface area contributed by atoms with E-state index in [0.717, 1.165) is 0 Å². The molecule has 2 aromatic heterocycles. The number of hydrogen-bond donors (Lipinski definition) is 1. The van der Waals surface area contributed by atoms with E-state index >= 15 is 0 Å². The van der Waals surface area contributed by atoms with Crippen LogP contribution in [0, 0.1) is 12.7 Å². The zero-order valence-electron chi connectivity index (χ0n) is 13.4. The molecule has 0 aliphatic carbocycles. The highest BCUT2D eigenvalue weighted by Gasteiger charge is 2.18. The SMILES string of the molecule is Cc1c(Cl)c(C(=O)Nc2cnn(Cc3ccc(F)cc3Cl)c2)nn1C. The molecule has 0 saturated heterocycles. The van der Waals surface area contributed by atoms with Gasteiger partial charge >= 0.3 is 0 Å². The van der Waals surface area contributed by atoms with Gasteiger partial charge in [-0.3, -0.25) is 14.2 Å². The fourth-order valence-electron chi connectivity index (χ4n) is 2.26. The van der Waals surface area contributed by atoms with Crippen LogP contribution in [0.15, 0.2) is 30.6 Å². The molecule has 3 aromatic rings. The Hall–Kier alpha value is -2.38. The van der Waals surface area contributed by atoms with Crippen LogP contribution in [-0.4, -0.2) is 25.5 Å². The van der Waals surface area contributed by atoms with Gasteiger partial charge < -0.3 is 5.32 Å². The maximum absolute atomic E-state index is 13.1. The fourth-order valence-corrected chi connectivity index (χ4v) is 2.73. The van der Waals surface area contributed by atoms with E-state index in [2.05, 4.69) is 15.5 Å². The second kappa shape index (κ2) is 6.85. The summed E-state index contributed by atoms with van der Waals surface area (Å²) in [6.45, 7) is 2.12. The molecule has 0 saturated carbocycles. The molecule has 0 unspecified atom stereocenters. The van der Waals surface area contributed by atoms with Crippen molar-refractivity contribution >= 4 is 34.8 Å². The third-order valence-corrected chi connectivity index (χ3v) is 4.52. The van der Waals surface area contributed by atoms with Crippen LogP contribution in [0.5, 0.6) is 0 Å². The summed E-state index contributed by atoms with van der Waals surface area (Å²) in [5.74, 6) is -0.822. The van der Waals surface area contributed by atoms with E-state index in [1.54, 1.807) is 30.9 Å². The van der Waals surface area contributed by atoms with Crippen molar-refractivity contribution < 1.29 is 9.18 Å². The van der Waals surface area contributed by atoms with Crippen molar-refractivity contribution in [3.05, 3.63) is 63.4 Å². The lowest BCUT2D eigenvalue weighted by Gasteiger charge is -2.04. The zero-order chi connectivity index (χ0) is 18.1. The summed E-state index contributed by atoms with van der Waals surface area (Å²) < 4.78 is 16.2. The summed E-state index contributed by atoms with van der Waals surface area (Å²) in [5.41, 5.74) is 2.06. The van der Waals surface area contributed by atoms with Crippen molar-refractivity contribution in [2.24, 2.45) is 7.05 Å². The summed E-state index contributed by atoms with van der Waals surface area (Å²) in [7, 11) is 1.71. The van der Waals surface area contributed by atoms with Crippen LogP contribution in [-0.2, 0) is 13.6 Å². The van der Waals surface area contributed by atoms with Crippen LogP contribution in [0.2, 0.25) is 10.0 Å². The van der Waals surface area contributed by atoms with Crippen LogP contribution < -0.4 is 5.32 Å². The van der Waals surface area contributed by atoms with Crippen LogP contribution in [0.25, 0.3) is 0 Å². The predicted octanol–water partition coefficient (Wildman–Crippen LogP) is 3.67. The highest BCUT2D eigenvalue weighted by molar-refractivity contribution is 6.34. The molecule has 0 radical (unpaired) electrons. The van der Waals surface area contributed by atoms with E-state index in [-0.39, 0.29) is 5.69 Å². The van der Waals surface area contributed by atoms with Crippen LogP contribution in [0.1, 0.15) is 21.7 Å². The molecule has 1 N–H and O–H groups in total. The fraction of sp³-hybridized carbons (Fsp3) is 0.188. The normalized spacial score (nSPS) is 10.9. The van der Waals surface area contributed by atoms with Gasteiger partial charge in [0.1, 0.15) is 5.82 Å². The minimum Gasteiger partial charge on any atom is -0.318 e. The molecule has 3 rings (SSSR count). The first kappa shape index (κ1) is 17.4. The number of amides is 1. The molecule has 6 nitrogen and oxygen atoms in total. The van der Waals surface area contributed by atoms with Gasteiger partial charge in [-0.05, 0) is 24.6 Å². The summed E-state index contributed by atoms with van der Waals surface area (Å²) in [6.07, 6.45) is 3.14. The quantitative estimate of drug-likeness (QED) is 0.749. The number of nitrogens with one attached hydrogen (secondary N) is 1. The van der Waals surface area contributed by atoms with Gasteiger partial charge in [-0.2, -0.15) is 10.2 Å². The lowest BCUT2D eigenvalue weighted by atomic mass is 10.2. The standard InChI is InChI=1S/C16H14Cl2FN5O/c1-9-14(18)15(22-23(9)2)16(25)21-12-6-20-24(8-12)7-10-3-4-11(19)5-13(10)17/h3-6,8H,7H2,1-2H3,(H,21,25). The zero-order valence-corrected chi connectivity index (χ0v) is 14.9. The van der Waals surface area contributed by atoms with Gasteiger partial charge in [0.2, 0.25) is 0 Å². The predicted molar refractivity (Wildman–Crippen MR) is 93.6 cm³/mol. The van der Waals surface area contributed by atoms with Crippen molar-refractivity contribution in [1.82, 2.24) is 19.6 Å². The number of nitrogens with zero attached hydrogens (tertiary/aromatic N) is 4. The molecule has 0 spiro atoms. The number of aromatic nitrogens is 4. The lowest BCUT2D eigenvalue weighted by Crippen LogP contribution is -2.13. The average Bonchev–Trinajstić information content (AvgIpc) is 3.10. The van der Waals surface area contributed by atoms with E-state index in [1.807, 2.05) is 0 Å². The van der Waals surface area contributed by atoms with Crippen LogP contribution >= 0.6 is 23.2 Å². The largest absolute Gasteiger partial charge is 0.318 e. The Balaban J connectivity index is 1.73. The topological polar surface area (TPSA) is 64.7 Å². The van der Waals surface area contributed by atoms with Crippen molar-refractivity contribution in [1.29, 1.82) is 0 Å². The van der Waals surface area contributed by atoms with Crippen LogP contribution in [0.3, 0.4) is 0 Å². The van der Waals surface area contributed by atoms with Gasteiger partial charge in [0, 0.05) is 18.3 Å². The molecule has 1 aromatic carbocycles. The van der Waals surface area contributed by atoms with E-state index in [0.29, 0.717) is 33.5 Å². The van der Waals surface area contributed by atoms with Gasteiger partial charge in [0.15, 0.2) is 5.69 Å². The van der Waals surface area contributed by atoms with E-state index < -0.39 is 11.7 Å². The third kappa shape index (κ3) is 3.67. The van der Waals surface area contributed by atoms with Crippen molar-refractivity contribution in [3.63, 3.8) is 0 Å². The number of benzene rings is 1. The maximum atomic E-state index is 13.1. The van der Waals surface area contributed by atoms with E-state index in [4.69, 9.17) is 23.2 Å².